The minimum atomic E-state index is 0.292. The predicted octanol–water partition coefficient (Wildman–Crippen LogP) is 1.71. The first-order chi connectivity index (χ1) is 9.72. The molecule has 0 aromatic carbocycles. The van der Waals surface area contributed by atoms with Crippen molar-refractivity contribution >= 4 is 0 Å². The van der Waals surface area contributed by atoms with Gasteiger partial charge in [-0.2, -0.15) is 5.10 Å². The van der Waals surface area contributed by atoms with Gasteiger partial charge in [0.25, 0.3) is 0 Å². The minimum Gasteiger partial charge on any atom is -0.378 e. The fourth-order valence-electron chi connectivity index (χ4n) is 2.85. The lowest BCUT2D eigenvalue weighted by atomic mass is 9.99. The van der Waals surface area contributed by atoms with Crippen LogP contribution in [0.2, 0.25) is 0 Å². The van der Waals surface area contributed by atoms with Crippen molar-refractivity contribution < 1.29 is 4.74 Å². The predicted molar refractivity (Wildman–Crippen MR) is 80.2 cm³/mol. The third kappa shape index (κ3) is 4.30. The van der Waals surface area contributed by atoms with Gasteiger partial charge >= 0.3 is 0 Å². The Hall–Kier alpha value is -0.910. The van der Waals surface area contributed by atoms with Crippen molar-refractivity contribution in [3.05, 3.63) is 17.5 Å². The van der Waals surface area contributed by atoms with Crippen molar-refractivity contribution in [1.82, 2.24) is 15.2 Å². The molecule has 2 atom stereocenters. The number of nitrogens with zero attached hydrogens (tertiary/aromatic N) is 2. The standard InChI is InChI=1S/C15H28N4O/c1-3-12-10-14(19(2)18-12)11-13(17-16)7-8-15-6-4-5-9-20-15/h10,13,15,17H,3-9,11,16H2,1-2H3. The molecule has 0 aliphatic carbocycles. The first-order valence-corrected chi connectivity index (χ1v) is 7.82. The lowest BCUT2D eigenvalue weighted by Crippen LogP contribution is -2.38. The molecule has 2 unspecified atom stereocenters. The number of hydrogen-bond donors (Lipinski definition) is 2. The number of hydrazine groups is 1. The van der Waals surface area contributed by atoms with Gasteiger partial charge in [-0.25, -0.2) is 0 Å². The molecule has 1 aliphatic rings. The molecule has 1 aromatic heterocycles. The van der Waals surface area contributed by atoms with E-state index in [1.807, 2.05) is 11.7 Å². The monoisotopic (exact) mass is 280 g/mol. The molecular formula is C15H28N4O. The van der Waals surface area contributed by atoms with Crippen LogP contribution in [0.3, 0.4) is 0 Å². The first kappa shape index (κ1) is 15.5. The molecule has 1 fully saturated rings. The zero-order valence-corrected chi connectivity index (χ0v) is 12.8. The summed E-state index contributed by atoms with van der Waals surface area (Å²) < 4.78 is 7.75. The van der Waals surface area contributed by atoms with Gasteiger partial charge < -0.3 is 4.74 Å². The number of rotatable bonds is 7. The molecule has 1 aromatic rings. The highest BCUT2D eigenvalue weighted by Crippen LogP contribution is 2.19. The molecule has 0 radical (unpaired) electrons. The molecule has 1 saturated heterocycles. The van der Waals surface area contributed by atoms with Crippen LogP contribution in [0.1, 0.15) is 50.4 Å². The van der Waals surface area contributed by atoms with Crippen molar-refractivity contribution in [2.24, 2.45) is 12.9 Å². The third-order valence-corrected chi connectivity index (χ3v) is 4.19. The molecule has 20 heavy (non-hydrogen) atoms. The normalized spacial score (nSPS) is 21.1. The third-order valence-electron chi connectivity index (χ3n) is 4.19. The van der Waals surface area contributed by atoms with Crippen LogP contribution < -0.4 is 11.3 Å². The Morgan fingerprint density at radius 1 is 1.55 bits per heavy atom. The topological polar surface area (TPSA) is 65.1 Å². The highest BCUT2D eigenvalue weighted by Gasteiger charge is 2.17. The molecule has 5 nitrogen and oxygen atoms in total. The smallest absolute Gasteiger partial charge is 0.0624 e. The van der Waals surface area contributed by atoms with E-state index in [1.54, 1.807) is 0 Å². The second kappa shape index (κ2) is 7.76. The maximum atomic E-state index is 5.78. The van der Waals surface area contributed by atoms with Crippen LogP contribution in [0.15, 0.2) is 6.07 Å². The van der Waals surface area contributed by atoms with Crippen molar-refractivity contribution in [1.29, 1.82) is 0 Å². The van der Waals surface area contributed by atoms with E-state index in [2.05, 4.69) is 23.5 Å². The number of nitrogens with one attached hydrogen (secondary N) is 1. The van der Waals surface area contributed by atoms with E-state index in [0.717, 1.165) is 38.0 Å². The lowest BCUT2D eigenvalue weighted by molar-refractivity contribution is 0.00856. The minimum absolute atomic E-state index is 0.292. The summed E-state index contributed by atoms with van der Waals surface area (Å²) in [6.07, 6.45) is 8.18. The van der Waals surface area contributed by atoms with Gasteiger partial charge in [0, 0.05) is 31.8 Å². The molecule has 114 valence electrons. The molecule has 2 heterocycles. The van der Waals surface area contributed by atoms with Crippen molar-refractivity contribution in [2.75, 3.05) is 6.61 Å². The van der Waals surface area contributed by atoms with Gasteiger partial charge in [0.05, 0.1) is 11.8 Å². The van der Waals surface area contributed by atoms with Crippen molar-refractivity contribution in [3.63, 3.8) is 0 Å². The summed E-state index contributed by atoms with van der Waals surface area (Å²) in [6.45, 7) is 3.05. The van der Waals surface area contributed by atoms with E-state index in [9.17, 15) is 0 Å². The van der Waals surface area contributed by atoms with Crippen LogP contribution in [0.5, 0.6) is 0 Å². The Morgan fingerprint density at radius 2 is 2.40 bits per heavy atom. The molecule has 1 aliphatic heterocycles. The summed E-state index contributed by atoms with van der Waals surface area (Å²) in [7, 11) is 2.01. The van der Waals surface area contributed by atoms with Crippen LogP contribution in [-0.4, -0.2) is 28.5 Å². The van der Waals surface area contributed by atoms with Gasteiger partial charge in [-0.05, 0) is 44.6 Å². The van der Waals surface area contributed by atoms with Gasteiger partial charge in [-0.1, -0.05) is 6.92 Å². The van der Waals surface area contributed by atoms with Crippen LogP contribution >= 0.6 is 0 Å². The molecule has 5 heteroatoms. The van der Waals surface area contributed by atoms with Gasteiger partial charge in [0.15, 0.2) is 0 Å². The van der Waals surface area contributed by atoms with Crippen molar-refractivity contribution in [3.8, 4) is 0 Å². The Balaban J connectivity index is 1.83. The zero-order chi connectivity index (χ0) is 14.4. The van der Waals surface area contributed by atoms with E-state index >= 15 is 0 Å². The Morgan fingerprint density at radius 3 is 3.00 bits per heavy atom. The number of hydrogen-bond acceptors (Lipinski definition) is 4. The van der Waals surface area contributed by atoms with E-state index in [4.69, 9.17) is 10.6 Å². The number of ether oxygens (including phenoxy) is 1. The fraction of sp³-hybridized carbons (Fsp3) is 0.800. The summed E-state index contributed by atoms with van der Waals surface area (Å²) in [6, 6.07) is 2.47. The summed E-state index contributed by atoms with van der Waals surface area (Å²) in [4.78, 5) is 0. The average Bonchev–Trinajstić information content (AvgIpc) is 2.84. The summed E-state index contributed by atoms with van der Waals surface area (Å²) in [5, 5.41) is 4.49. The van der Waals surface area contributed by atoms with Crippen molar-refractivity contribution in [2.45, 2.75) is 64.0 Å². The maximum absolute atomic E-state index is 5.78. The van der Waals surface area contributed by atoms with Gasteiger partial charge in [0.2, 0.25) is 0 Å². The highest BCUT2D eigenvalue weighted by molar-refractivity contribution is 5.11. The van der Waals surface area contributed by atoms with Crippen LogP contribution in [0.4, 0.5) is 0 Å². The number of aromatic nitrogens is 2. The maximum Gasteiger partial charge on any atom is 0.0624 e. The lowest BCUT2D eigenvalue weighted by Gasteiger charge is -2.24. The first-order valence-electron chi connectivity index (χ1n) is 7.82. The largest absolute Gasteiger partial charge is 0.378 e. The molecule has 0 amide bonds. The van der Waals surface area contributed by atoms with E-state index in [0.29, 0.717) is 12.1 Å². The summed E-state index contributed by atoms with van der Waals surface area (Å²) >= 11 is 0. The Bertz CT molecular complexity index is 399. The summed E-state index contributed by atoms with van der Waals surface area (Å²) in [5.41, 5.74) is 5.34. The molecule has 0 saturated carbocycles. The fourth-order valence-corrected chi connectivity index (χ4v) is 2.85. The highest BCUT2D eigenvalue weighted by atomic mass is 16.5. The van der Waals surface area contributed by atoms with Crippen LogP contribution in [0.25, 0.3) is 0 Å². The quantitative estimate of drug-likeness (QED) is 0.589. The average molecular weight is 280 g/mol. The number of aryl methyl sites for hydroxylation is 2. The van der Waals surface area contributed by atoms with E-state index < -0.39 is 0 Å². The van der Waals surface area contributed by atoms with E-state index in [1.165, 1.54) is 25.0 Å². The van der Waals surface area contributed by atoms with Gasteiger partial charge in [-0.15, -0.1) is 0 Å². The second-order valence-corrected chi connectivity index (χ2v) is 5.74. The molecule has 2 rings (SSSR count). The number of nitrogens with two attached hydrogens (primary N) is 1. The molecule has 0 spiro atoms. The summed E-state index contributed by atoms with van der Waals surface area (Å²) in [5.74, 6) is 5.71. The Kier molecular flexibility index (Phi) is 6.01. The Labute approximate surface area is 121 Å². The van der Waals surface area contributed by atoms with Gasteiger partial charge in [0.1, 0.15) is 0 Å². The molecule has 0 bridgehead atoms. The second-order valence-electron chi connectivity index (χ2n) is 5.74. The molecule has 3 N–H and O–H groups in total. The van der Waals surface area contributed by atoms with Crippen LogP contribution in [-0.2, 0) is 24.6 Å². The SMILES string of the molecule is CCc1cc(CC(CCC2CCCCO2)NN)n(C)n1. The van der Waals surface area contributed by atoms with Crippen LogP contribution in [0, 0.1) is 0 Å². The molecular weight excluding hydrogens is 252 g/mol. The van der Waals surface area contributed by atoms with E-state index in [-0.39, 0.29) is 0 Å². The zero-order valence-electron chi connectivity index (χ0n) is 12.8. The van der Waals surface area contributed by atoms with Gasteiger partial charge in [-0.3, -0.25) is 16.0 Å².